The Balaban J connectivity index is 1.66. The fourth-order valence-electron chi connectivity index (χ4n) is 4.23. The highest BCUT2D eigenvalue weighted by molar-refractivity contribution is 5.89. The summed E-state index contributed by atoms with van der Waals surface area (Å²) >= 11 is 0. The molecule has 0 radical (unpaired) electrons. The van der Waals surface area contributed by atoms with Gasteiger partial charge in [0.05, 0.1) is 0 Å². The zero-order valence-electron chi connectivity index (χ0n) is 19.6. The summed E-state index contributed by atoms with van der Waals surface area (Å²) in [6.07, 6.45) is 0.301. The van der Waals surface area contributed by atoms with Gasteiger partial charge in [-0.3, -0.25) is 4.79 Å². The number of hydrogen-bond donors (Lipinski definition) is 3. The lowest BCUT2D eigenvalue weighted by Crippen LogP contribution is -2.55. The van der Waals surface area contributed by atoms with Gasteiger partial charge < -0.3 is 20.5 Å². The van der Waals surface area contributed by atoms with Gasteiger partial charge in [0.25, 0.3) is 0 Å². The zero-order valence-corrected chi connectivity index (χ0v) is 19.6. The van der Waals surface area contributed by atoms with E-state index in [1.807, 2.05) is 43.3 Å². The van der Waals surface area contributed by atoms with E-state index in [0.29, 0.717) is 12.8 Å². The minimum absolute atomic E-state index is 0.0844. The molecule has 2 amide bonds. The molecule has 0 saturated heterocycles. The summed E-state index contributed by atoms with van der Waals surface area (Å²) in [5.74, 6) is -1.74. The number of carboxylic acid groups (broad SMARTS) is 1. The Hall–Kier alpha value is -3.35. The predicted octanol–water partition coefficient (Wildman–Crippen LogP) is 4.31. The molecule has 3 rings (SSSR count). The van der Waals surface area contributed by atoms with Gasteiger partial charge in [0, 0.05) is 5.92 Å². The van der Waals surface area contributed by atoms with Gasteiger partial charge in [0.15, 0.2) is 0 Å². The quantitative estimate of drug-likeness (QED) is 0.554. The van der Waals surface area contributed by atoms with E-state index >= 15 is 0 Å². The standard InChI is InChI=1S/C26H32N2O5/c1-5-10-21(23(29)28-22(24(30)31)26(2,3)4)27-25(32)33-15-20-18-13-8-6-11-16(18)17-12-7-9-14-19(17)20/h6-9,11-14,20-22H,5,10,15H2,1-4H3,(H,27,32)(H,28,29)(H,30,31)/t21-,22-/m0/s1. The van der Waals surface area contributed by atoms with Crippen molar-refractivity contribution < 1.29 is 24.2 Å². The molecule has 0 heterocycles. The maximum Gasteiger partial charge on any atom is 0.407 e. The number of rotatable bonds is 8. The van der Waals surface area contributed by atoms with E-state index in [1.165, 1.54) is 0 Å². The summed E-state index contributed by atoms with van der Waals surface area (Å²) in [5.41, 5.74) is 3.79. The van der Waals surface area contributed by atoms with Crippen LogP contribution >= 0.6 is 0 Å². The van der Waals surface area contributed by atoms with Gasteiger partial charge in [-0.15, -0.1) is 0 Å². The van der Waals surface area contributed by atoms with Crippen molar-refractivity contribution in [3.8, 4) is 11.1 Å². The first kappa shape index (κ1) is 24.3. The van der Waals surface area contributed by atoms with Crippen molar-refractivity contribution >= 4 is 18.0 Å². The molecule has 2 atom stereocenters. The summed E-state index contributed by atoms with van der Waals surface area (Å²) in [6, 6.07) is 14.1. The summed E-state index contributed by atoms with van der Waals surface area (Å²) < 4.78 is 5.54. The largest absolute Gasteiger partial charge is 0.480 e. The maximum absolute atomic E-state index is 12.8. The minimum Gasteiger partial charge on any atom is -0.480 e. The Bertz CT molecular complexity index is 982. The average molecular weight is 453 g/mol. The highest BCUT2D eigenvalue weighted by atomic mass is 16.5. The van der Waals surface area contributed by atoms with Crippen molar-refractivity contribution in [1.82, 2.24) is 10.6 Å². The van der Waals surface area contributed by atoms with E-state index in [9.17, 15) is 19.5 Å². The van der Waals surface area contributed by atoms with Gasteiger partial charge in [0.2, 0.25) is 5.91 Å². The number of carbonyl (C=O) groups is 3. The van der Waals surface area contributed by atoms with Crippen molar-refractivity contribution in [1.29, 1.82) is 0 Å². The number of carboxylic acids is 1. The van der Waals surface area contributed by atoms with Gasteiger partial charge >= 0.3 is 12.1 Å². The van der Waals surface area contributed by atoms with Gasteiger partial charge in [-0.25, -0.2) is 9.59 Å². The summed E-state index contributed by atoms with van der Waals surface area (Å²) in [7, 11) is 0. The average Bonchev–Trinajstić information content (AvgIpc) is 3.08. The van der Waals surface area contributed by atoms with E-state index in [-0.39, 0.29) is 12.5 Å². The van der Waals surface area contributed by atoms with Crippen molar-refractivity contribution in [3.05, 3.63) is 59.7 Å². The van der Waals surface area contributed by atoms with Gasteiger partial charge in [-0.05, 0) is 34.1 Å². The second kappa shape index (κ2) is 10.1. The second-order valence-electron chi connectivity index (χ2n) is 9.46. The molecule has 176 valence electrons. The fraction of sp³-hybridized carbons (Fsp3) is 0.423. The van der Waals surface area contributed by atoms with E-state index in [2.05, 4.69) is 22.8 Å². The van der Waals surface area contributed by atoms with E-state index in [0.717, 1.165) is 22.3 Å². The van der Waals surface area contributed by atoms with Gasteiger partial charge in [-0.1, -0.05) is 82.6 Å². The number of amides is 2. The summed E-state index contributed by atoms with van der Waals surface area (Å²) in [6.45, 7) is 7.23. The fourth-order valence-corrected chi connectivity index (χ4v) is 4.23. The number of carbonyl (C=O) groups excluding carboxylic acids is 2. The molecule has 2 aromatic carbocycles. The lowest BCUT2D eigenvalue weighted by molar-refractivity contribution is -0.145. The molecule has 1 aliphatic rings. The van der Waals surface area contributed by atoms with Crippen LogP contribution in [-0.2, 0) is 14.3 Å². The van der Waals surface area contributed by atoms with E-state index < -0.39 is 35.5 Å². The monoisotopic (exact) mass is 452 g/mol. The van der Waals surface area contributed by atoms with Crippen molar-refractivity contribution in [2.75, 3.05) is 6.61 Å². The Morgan fingerprint density at radius 3 is 2.00 bits per heavy atom. The summed E-state index contributed by atoms with van der Waals surface area (Å²) in [4.78, 5) is 37.0. The van der Waals surface area contributed by atoms with Crippen LogP contribution in [0.2, 0.25) is 0 Å². The van der Waals surface area contributed by atoms with Crippen molar-refractivity contribution in [2.24, 2.45) is 5.41 Å². The first-order chi connectivity index (χ1) is 15.6. The number of benzene rings is 2. The molecular formula is C26H32N2O5. The Labute approximate surface area is 194 Å². The smallest absolute Gasteiger partial charge is 0.407 e. The zero-order chi connectivity index (χ0) is 24.2. The molecule has 7 heteroatoms. The van der Waals surface area contributed by atoms with Gasteiger partial charge in [0.1, 0.15) is 18.7 Å². The molecule has 33 heavy (non-hydrogen) atoms. The molecule has 0 unspecified atom stereocenters. The molecule has 0 spiro atoms. The highest BCUT2D eigenvalue weighted by Gasteiger charge is 2.35. The third kappa shape index (κ3) is 5.53. The van der Waals surface area contributed by atoms with Crippen LogP contribution in [0.15, 0.2) is 48.5 Å². The van der Waals surface area contributed by atoms with Crippen LogP contribution in [0.5, 0.6) is 0 Å². The minimum atomic E-state index is -1.12. The van der Waals surface area contributed by atoms with Crippen molar-refractivity contribution in [2.45, 2.75) is 58.5 Å². The van der Waals surface area contributed by atoms with Crippen molar-refractivity contribution in [3.63, 3.8) is 0 Å². The lowest BCUT2D eigenvalue weighted by Gasteiger charge is -2.29. The third-order valence-electron chi connectivity index (χ3n) is 5.93. The maximum atomic E-state index is 12.8. The molecule has 0 bridgehead atoms. The predicted molar refractivity (Wildman–Crippen MR) is 126 cm³/mol. The summed E-state index contributed by atoms with van der Waals surface area (Å²) in [5, 5.41) is 14.7. The van der Waals surface area contributed by atoms with Crippen LogP contribution in [-0.4, -0.2) is 41.8 Å². The number of alkyl carbamates (subject to hydrolysis) is 1. The number of aliphatic carboxylic acids is 1. The molecule has 3 N–H and O–H groups in total. The SMILES string of the molecule is CCC[C@H](NC(=O)OCC1c2ccccc2-c2ccccc21)C(=O)N[C@@H](C(=O)O)C(C)(C)C. The van der Waals surface area contributed by atoms with Crippen LogP contribution in [0.4, 0.5) is 4.79 Å². The van der Waals surface area contributed by atoms with Gasteiger partial charge in [-0.2, -0.15) is 0 Å². The second-order valence-corrected chi connectivity index (χ2v) is 9.46. The third-order valence-corrected chi connectivity index (χ3v) is 5.93. The Kier molecular flexibility index (Phi) is 7.41. The van der Waals surface area contributed by atoms with E-state index in [4.69, 9.17) is 4.74 Å². The number of ether oxygens (including phenoxy) is 1. The Morgan fingerprint density at radius 1 is 0.970 bits per heavy atom. The van der Waals surface area contributed by atoms with Crippen LogP contribution in [0.3, 0.4) is 0 Å². The number of nitrogens with one attached hydrogen (secondary N) is 2. The first-order valence-electron chi connectivity index (χ1n) is 11.3. The molecule has 7 nitrogen and oxygen atoms in total. The number of hydrogen-bond acceptors (Lipinski definition) is 4. The number of fused-ring (bicyclic) bond motifs is 3. The molecule has 0 fully saturated rings. The molecule has 0 saturated carbocycles. The lowest BCUT2D eigenvalue weighted by atomic mass is 9.86. The molecule has 2 aromatic rings. The van der Waals surface area contributed by atoms with Crippen LogP contribution in [0.25, 0.3) is 11.1 Å². The normalized spacial score (nSPS) is 14.5. The van der Waals surface area contributed by atoms with Crippen LogP contribution in [0.1, 0.15) is 57.6 Å². The molecule has 1 aliphatic carbocycles. The highest BCUT2D eigenvalue weighted by Crippen LogP contribution is 2.44. The topological polar surface area (TPSA) is 105 Å². The van der Waals surface area contributed by atoms with Crippen LogP contribution in [0, 0.1) is 5.41 Å². The molecule has 0 aromatic heterocycles. The Morgan fingerprint density at radius 2 is 1.52 bits per heavy atom. The van der Waals surface area contributed by atoms with Crippen LogP contribution < -0.4 is 10.6 Å². The first-order valence-corrected chi connectivity index (χ1v) is 11.3. The molecule has 0 aliphatic heterocycles. The van der Waals surface area contributed by atoms with E-state index in [1.54, 1.807) is 20.8 Å². The molecular weight excluding hydrogens is 420 g/mol.